The van der Waals surface area contributed by atoms with Gasteiger partial charge in [-0.2, -0.15) is 8.78 Å². The average Bonchev–Trinajstić information content (AvgIpc) is 1.94. The fraction of sp³-hybridized carbons (Fsp3) is 0.833. The zero-order valence-corrected chi connectivity index (χ0v) is 6.54. The summed E-state index contributed by atoms with van der Waals surface area (Å²) in [5.41, 5.74) is 0. The van der Waals surface area contributed by atoms with Crippen LogP contribution in [-0.4, -0.2) is 46.0 Å². The number of hydrogen-bond donors (Lipinski definition) is 2. The summed E-state index contributed by atoms with van der Waals surface area (Å²) in [6.45, 7) is -1.62. The summed E-state index contributed by atoms with van der Waals surface area (Å²) in [6.07, 6.45) is -2.47. The third-order valence-corrected chi connectivity index (χ3v) is 1.96. The second kappa shape index (κ2) is 2.78. The quantitative estimate of drug-likeness (QED) is 0.455. The molecule has 0 spiro atoms. The Morgan fingerprint density at radius 3 is 2.38 bits per heavy atom. The Morgan fingerprint density at radius 2 is 2.00 bits per heavy atom. The first kappa shape index (κ1) is 10.1. The molecule has 0 aromatic rings. The molecule has 1 heterocycles. The molecule has 5 nitrogen and oxygen atoms in total. The standard InChI is InChI=1S/C6H9F2NO4/c7-5(8)3-9(4(10)11)2-1-6(5,12)13/h12-13H,1-3H2,(H,10,11)/p-1. The second-order valence-corrected chi connectivity index (χ2v) is 2.96. The van der Waals surface area contributed by atoms with Crippen LogP contribution in [0.5, 0.6) is 0 Å². The number of carbonyl (C=O) groups is 1. The Hall–Kier alpha value is -0.950. The van der Waals surface area contributed by atoms with Crippen molar-refractivity contribution >= 4 is 6.09 Å². The number of alkyl halides is 2. The third kappa shape index (κ3) is 1.70. The minimum Gasteiger partial charge on any atom is -0.530 e. The van der Waals surface area contributed by atoms with E-state index in [1.54, 1.807) is 0 Å². The Bertz CT molecular complexity index is 231. The number of aliphatic hydroxyl groups is 2. The van der Waals surface area contributed by atoms with Crippen LogP contribution in [0.4, 0.5) is 13.6 Å². The fourth-order valence-corrected chi connectivity index (χ4v) is 1.07. The SMILES string of the molecule is O=C([O-])N1CCC(O)(O)C(F)(F)C1. The number of rotatable bonds is 0. The van der Waals surface area contributed by atoms with Gasteiger partial charge in [-0.25, -0.2) is 0 Å². The van der Waals surface area contributed by atoms with Crippen molar-refractivity contribution in [3.63, 3.8) is 0 Å². The van der Waals surface area contributed by atoms with Crippen LogP contribution in [0, 0.1) is 0 Å². The van der Waals surface area contributed by atoms with Gasteiger partial charge in [-0.1, -0.05) is 0 Å². The van der Waals surface area contributed by atoms with Gasteiger partial charge in [-0.3, -0.25) is 0 Å². The van der Waals surface area contributed by atoms with E-state index in [9.17, 15) is 18.7 Å². The van der Waals surface area contributed by atoms with Gasteiger partial charge in [-0.05, 0) is 0 Å². The molecule has 0 aromatic carbocycles. The van der Waals surface area contributed by atoms with E-state index in [0.717, 1.165) is 0 Å². The van der Waals surface area contributed by atoms with Crippen molar-refractivity contribution in [1.82, 2.24) is 4.90 Å². The largest absolute Gasteiger partial charge is 0.530 e. The minimum atomic E-state index is -3.86. The molecule has 0 unspecified atom stereocenters. The van der Waals surface area contributed by atoms with Crippen molar-refractivity contribution in [2.45, 2.75) is 18.1 Å². The molecule has 2 N–H and O–H groups in total. The lowest BCUT2D eigenvalue weighted by Gasteiger charge is -2.41. The topological polar surface area (TPSA) is 83.8 Å². The molecular weight excluding hydrogens is 188 g/mol. The van der Waals surface area contributed by atoms with Crippen molar-refractivity contribution in [3.8, 4) is 0 Å². The molecular formula is C6H8F2NO4-. The van der Waals surface area contributed by atoms with Crippen LogP contribution in [-0.2, 0) is 0 Å². The average molecular weight is 196 g/mol. The lowest BCUT2D eigenvalue weighted by molar-refractivity contribution is -0.327. The van der Waals surface area contributed by atoms with Gasteiger partial charge in [0.05, 0.1) is 6.54 Å². The number of amides is 1. The maximum atomic E-state index is 12.8. The van der Waals surface area contributed by atoms with Crippen molar-refractivity contribution in [2.75, 3.05) is 13.1 Å². The van der Waals surface area contributed by atoms with E-state index in [1.165, 1.54) is 0 Å². The van der Waals surface area contributed by atoms with E-state index < -0.39 is 30.8 Å². The van der Waals surface area contributed by atoms with E-state index in [-0.39, 0.29) is 6.54 Å². The third-order valence-electron chi connectivity index (χ3n) is 1.96. The van der Waals surface area contributed by atoms with Gasteiger partial charge in [-0.15, -0.1) is 0 Å². The van der Waals surface area contributed by atoms with Crippen LogP contribution in [0.15, 0.2) is 0 Å². The Balaban J connectivity index is 2.76. The lowest BCUT2D eigenvalue weighted by atomic mass is 10.0. The number of likely N-dealkylation sites (tertiary alicyclic amines) is 1. The summed E-state index contributed by atoms with van der Waals surface area (Å²) < 4.78 is 25.5. The monoisotopic (exact) mass is 196 g/mol. The lowest BCUT2D eigenvalue weighted by Crippen LogP contribution is -2.62. The maximum absolute atomic E-state index is 12.8. The molecule has 1 saturated heterocycles. The molecule has 0 aliphatic carbocycles. The number of nitrogens with zero attached hydrogens (tertiary/aromatic N) is 1. The number of carbonyl (C=O) groups excluding carboxylic acids is 1. The Kier molecular flexibility index (Phi) is 2.16. The summed E-state index contributed by atoms with van der Waals surface area (Å²) >= 11 is 0. The van der Waals surface area contributed by atoms with E-state index in [1.807, 2.05) is 0 Å². The summed E-state index contributed by atoms with van der Waals surface area (Å²) in [4.78, 5) is 10.5. The molecule has 76 valence electrons. The first-order chi connectivity index (χ1) is 5.76. The molecule has 0 saturated carbocycles. The van der Waals surface area contributed by atoms with Crippen LogP contribution < -0.4 is 5.11 Å². The zero-order valence-electron chi connectivity index (χ0n) is 6.54. The molecule has 1 fully saturated rings. The summed E-state index contributed by atoms with van der Waals surface area (Å²) in [5, 5.41) is 27.7. The van der Waals surface area contributed by atoms with Crippen LogP contribution >= 0.6 is 0 Å². The molecule has 13 heavy (non-hydrogen) atoms. The van der Waals surface area contributed by atoms with Gasteiger partial charge in [0.25, 0.3) is 0 Å². The second-order valence-electron chi connectivity index (χ2n) is 2.96. The van der Waals surface area contributed by atoms with Crippen molar-refractivity contribution in [3.05, 3.63) is 0 Å². The smallest absolute Gasteiger partial charge is 0.317 e. The number of piperidine rings is 1. The molecule has 7 heteroatoms. The van der Waals surface area contributed by atoms with E-state index in [2.05, 4.69) is 0 Å². The van der Waals surface area contributed by atoms with E-state index in [0.29, 0.717) is 4.90 Å². The molecule has 1 rings (SSSR count). The van der Waals surface area contributed by atoms with Gasteiger partial charge < -0.3 is 25.0 Å². The number of halogens is 2. The predicted octanol–water partition coefficient (Wildman–Crippen LogP) is -1.65. The molecule has 0 radical (unpaired) electrons. The van der Waals surface area contributed by atoms with Crippen LogP contribution in [0.3, 0.4) is 0 Å². The van der Waals surface area contributed by atoms with Gasteiger partial charge >= 0.3 is 5.92 Å². The van der Waals surface area contributed by atoms with E-state index in [4.69, 9.17) is 10.2 Å². The minimum absolute atomic E-state index is 0.338. The van der Waals surface area contributed by atoms with Crippen molar-refractivity contribution in [2.24, 2.45) is 0 Å². The van der Waals surface area contributed by atoms with Crippen molar-refractivity contribution < 1.29 is 28.9 Å². The highest BCUT2D eigenvalue weighted by atomic mass is 19.3. The molecule has 0 bridgehead atoms. The highest BCUT2D eigenvalue weighted by Crippen LogP contribution is 2.34. The summed E-state index contributed by atoms with van der Waals surface area (Å²) in [7, 11) is 0. The Morgan fingerprint density at radius 1 is 1.46 bits per heavy atom. The normalized spacial score (nSPS) is 25.7. The molecule has 0 atom stereocenters. The highest BCUT2D eigenvalue weighted by Gasteiger charge is 2.55. The van der Waals surface area contributed by atoms with Crippen molar-refractivity contribution in [1.29, 1.82) is 0 Å². The van der Waals surface area contributed by atoms with Crippen LogP contribution in [0.1, 0.15) is 6.42 Å². The van der Waals surface area contributed by atoms with Crippen LogP contribution in [0.25, 0.3) is 0 Å². The zero-order chi connectivity index (χ0) is 10.3. The highest BCUT2D eigenvalue weighted by molar-refractivity contribution is 5.62. The summed E-state index contributed by atoms with van der Waals surface area (Å²) in [6, 6.07) is 0. The first-order valence-corrected chi connectivity index (χ1v) is 3.55. The van der Waals surface area contributed by atoms with E-state index >= 15 is 0 Å². The molecule has 0 aromatic heterocycles. The predicted molar refractivity (Wildman–Crippen MR) is 33.7 cm³/mol. The fourth-order valence-electron chi connectivity index (χ4n) is 1.07. The number of hydrogen-bond acceptors (Lipinski definition) is 4. The Labute approximate surface area is 72.2 Å². The first-order valence-electron chi connectivity index (χ1n) is 3.55. The maximum Gasteiger partial charge on any atom is 0.317 e. The van der Waals surface area contributed by atoms with Gasteiger partial charge in [0.15, 0.2) is 0 Å². The molecule has 1 aliphatic heterocycles. The van der Waals surface area contributed by atoms with Gasteiger partial charge in [0.1, 0.15) is 6.09 Å². The number of carboxylic acid groups (broad SMARTS) is 1. The molecule has 1 aliphatic rings. The molecule has 1 amide bonds. The van der Waals surface area contributed by atoms with Gasteiger partial charge in [0, 0.05) is 13.0 Å². The van der Waals surface area contributed by atoms with Gasteiger partial charge in [0.2, 0.25) is 5.79 Å². The summed E-state index contributed by atoms with van der Waals surface area (Å²) in [5.74, 6) is -6.98. The van der Waals surface area contributed by atoms with Crippen LogP contribution in [0.2, 0.25) is 0 Å².